The van der Waals surface area contributed by atoms with Crippen LogP contribution in [-0.2, 0) is 14.8 Å². The Morgan fingerprint density at radius 1 is 1.07 bits per heavy atom. The quantitative estimate of drug-likeness (QED) is 0.842. The molecule has 1 aliphatic rings. The topological polar surface area (TPSA) is 66.5 Å². The van der Waals surface area contributed by atoms with Crippen molar-refractivity contribution in [3.8, 4) is 0 Å². The molecule has 3 rings (SSSR count). The first-order chi connectivity index (χ1) is 13.1. The molecule has 1 saturated heterocycles. The summed E-state index contributed by atoms with van der Waals surface area (Å²) >= 11 is 0. The summed E-state index contributed by atoms with van der Waals surface area (Å²) in [6.45, 7) is 7.48. The van der Waals surface area contributed by atoms with Crippen molar-refractivity contribution in [3.05, 3.63) is 58.4 Å². The van der Waals surface area contributed by atoms with Gasteiger partial charge in [0.25, 0.3) is 0 Å². The minimum Gasteiger partial charge on any atom is -0.324 e. The maximum absolute atomic E-state index is 13.4. The van der Waals surface area contributed by atoms with E-state index in [4.69, 9.17) is 0 Å². The molecule has 1 aliphatic heterocycles. The lowest BCUT2D eigenvalue weighted by molar-refractivity contribution is -0.119. The second kappa shape index (κ2) is 7.64. The van der Waals surface area contributed by atoms with Crippen molar-refractivity contribution < 1.29 is 17.6 Å². The van der Waals surface area contributed by atoms with Crippen LogP contribution in [0, 0.1) is 33.5 Å². The second-order valence-electron chi connectivity index (χ2n) is 7.45. The molecule has 2 aromatic carbocycles. The van der Waals surface area contributed by atoms with Gasteiger partial charge in [-0.15, -0.1) is 0 Å². The molecule has 0 unspecified atom stereocenters. The molecule has 5 nitrogen and oxygen atoms in total. The molecule has 1 amide bonds. The lowest BCUT2D eigenvalue weighted by atomic mass is 10.1. The molecule has 150 valence electrons. The van der Waals surface area contributed by atoms with Crippen LogP contribution < -0.4 is 5.32 Å². The average molecular weight is 405 g/mol. The van der Waals surface area contributed by atoms with E-state index in [9.17, 15) is 17.6 Å². The highest BCUT2D eigenvalue weighted by atomic mass is 32.2. The number of hydrogen-bond donors (Lipinski definition) is 1. The molecule has 0 radical (unpaired) electrons. The van der Waals surface area contributed by atoms with E-state index >= 15 is 0 Å². The van der Waals surface area contributed by atoms with Crippen LogP contribution in [0.25, 0.3) is 0 Å². The number of nitrogens with zero attached hydrogens (tertiary/aromatic N) is 1. The first-order valence-electron chi connectivity index (χ1n) is 9.28. The maximum atomic E-state index is 13.4. The van der Waals surface area contributed by atoms with Crippen molar-refractivity contribution in [2.75, 3.05) is 11.9 Å². The molecular formula is C21H25FN2O3S. The van der Waals surface area contributed by atoms with Gasteiger partial charge in [-0.05, 0) is 75.4 Å². The third-order valence-corrected chi connectivity index (χ3v) is 7.34. The van der Waals surface area contributed by atoms with E-state index in [1.165, 1.54) is 22.5 Å². The zero-order valence-electron chi connectivity index (χ0n) is 16.5. The largest absolute Gasteiger partial charge is 0.324 e. The van der Waals surface area contributed by atoms with Crippen LogP contribution in [0.15, 0.2) is 35.2 Å². The number of hydrogen-bond acceptors (Lipinski definition) is 3. The van der Waals surface area contributed by atoms with Crippen molar-refractivity contribution in [3.63, 3.8) is 0 Å². The fourth-order valence-corrected chi connectivity index (χ4v) is 6.04. The summed E-state index contributed by atoms with van der Waals surface area (Å²) in [5, 5.41) is 2.76. The normalized spacial score (nSPS) is 17.7. The Kier molecular flexibility index (Phi) is 5.59. The summed E-state index contributed by atoms with van der Waals surface area (Å²) in [6.07, 6.45) is 1.07. The minimum atomic E-state index is -3.81. The molecule has 1 heterocycles. The molecule has 0 saturated carbocycles. The van der Waals surface area contributed by atoms with Crippen molar-refractivity contribution in [2.24, 2.45) is 0 Å². The Hall–Kier alpha value is -2.25. The van der Waals surface area contributed by atoms with Crippen LogP contribution >= 0.6 is 0 Å². The van der Waals surface area contributed by atoms with Crippen LogP contribution in [0.5, 0.6) is 0 Å². The molecule has 1 fully saturated rings. The molecule has 0 aromatic heterocycles. The molecule has 0 spiro atoms. The molecule has 1 N–H and O–H groups in total. The van der Waals surface area contributed by atoms with E-state index in [2.05, 4.69) is 5.32 Å². The van der Waals surface area contributed by atoms with Crippen LogP contribution in [0.1, 0.15) is 35.1 Å². The van der Waals surface area contributed by atoms with Crippen molar-refractivity contribution in [1.82, 2.24) is 4.31 Å². The van der Waals surface area contributed by atoms with E-state index in [0.29, 0.717) is 41.8 Å². The Labute approximate surface area is 165 Å². The van der Waals surface area contributed by atoms with Gasteiger partial charge in [-0.3, -0.25) is 4.79 Å². The van der Waals surface area contributed by atoms with E-state index in [-0.39, 0.29) is 10.7 Å². The van der Waals surface area contributed by atoms with Crippen LogP contribution in [-0.4, -0.2) is 31.2 Å². The predicted molar refractivity (Wildman–Crippen MR) is 107 cm³/mol. The summed E-state index contributed by atoms with van der Waals surface area (Å²) in [4.78, 5) is 13.1. The number of halogens is 1. The lowest BCUT2D eigenvalue weighted by Crippen LogP contribution is -2.43. The molecular weight excluding hydrogens is 379 g/mol. The van der Waals surface area contributed by atoms with Gasteiger partial charge in [-0.25, -0.2) is 12.8 Å². The van der Waals surface area contributed by atoms with Gasteiger partial charge in [0.15, 0.2) is 0 Å². The first kappa shape index (κ1) is 20.5. The standard InChI is InChI=1S/C21H25FN2O3S/c1-13-10-15(3)20(16(4)11-13)28(26,27)24-9-5-6-19(24)21(25)23-18-8-7-17(22)12-14(18)2/h7-8,10-12,19H,5-6,9H2,1-4H3,(H,23,25)/t19-/m0/s1. The monoisotopic (exact) mass is 404 g/mol. The average Bonchev–Trinajstić information content (AvgIpc) is 3.06. The third-order valence-electron chi connectivity index (χ3n) is 5.12. The molecule has 7 heteroatoms. The van der Waals surface area contributed by atoms with Gasteiger partial charge in [0, 0.05) is 12.2 Å². The summed E-state index contributed by atoms with van der Waals surface area (Å²) < 4.78 is 41.3. The molecule has 2 aromatic rings. The Morgan fingerprint density at radius 3 is 2.32 bits per heavy atom. The van der Waals surface area contributed by atoms with Gasteiger partial charge in [0.1, 0.15) is 11.9 Å². The molecule has 0 aliphatic carbocycles. The highest BCUT2D eigenvalue weighted by Gasteiger charge is 2.40. The van der Waals surface area contributed by atoms with Gasteiger partial charge in [0.2, 0.25) is 15.9 Å². The summed E-state index contributed by atoms with van der Waals surface area (Å²) in [6, 6.07) is 6.99. The number of aryl methyl sites for hydroxylation is 4. The number of carbonyl (C=O) groups is 1. The van der Waals surface area contributed by atoms with E-state index in [1.807, 2.05) is 19.1 Å². The van der Waals surface area contributed by atoms with Crippen molar-refractivity contribution >= 4 is 21.6 Å². The number of nitrogens with one attached hydrogen (secondary N) is 1. The summed E-state index contributed by atoms with van der Waals surface area (Å²) in [5.41, 5.74) is 3.43. The smallest absolute Gasteiger partial charge is 0.244 e. The highest BCUT2D eigenvalue weighted by Crippen LogP contribution is 2.31. The Morgan fingerprint density at radius 2 is 1.71 bits per heavy atom. The fraction of sp³-hybridized carbons (Fsp3) is 0.381. The summed E-state index contributed by atoms with van der Waals surface area (Å²) in [7, 11) is -3.81. The second-order valence-corrected chi connectivity index (χ2v) is 9.28. The zero-order chi connectivity index (χ0) is 20.6. The molecule has 0 bridgehead atoms. The fourth-order valence-electron chi connectivity index (χ4n) is 3.96. The number of benzene rings is 2. The predicted octanol–water partition coefficient (Wildman–Crippen LogP) is 3.85. The highest BCUT2D eigenvalue weighted by molar-refractivity contribution is 7.89. The number of amides is 1. The Bertz CT molecular complexity index is 1010. The van der Waals surface area contributed by atoms with Crippen LogP contribution in [0.4, 0.5) is 10.1 Å². The zero-order valence-corrected chi connectivity index (χ0v) is 17.4. The number of anilines is 1. The number of carbonyl (C=O) groups excluding carboxylic acids is 1. The van der Waals surface area contributed by atoms with Crippen molar-refractivity contribution in [1.29, 1.82) is 0 Å². The van der Waals surface area contributed by atoms with E-state index in [1.54, 1.807) is 20.8 Å². The SMILES string of the molecule is Cc1cc(C)c(S(=O)(=O)N2CCC[C@H]2C(=O)Nc2ccc(F)cc2C)c(C)c1. The van der Waals surface area contributed by atoms with Gasteiger partial charge >= 0.3 is 0 Å². The summed E-state index contributed by atoms with van der Waals surface area (Å²) in [5.74, 6) is -0.774. The lowest BCUT2D eigenvalue weighted by Gasteiger charge is -2.25. The van der Waals surface area contributed by atoms with E-state index < -0.39 is 22.0 Å². The maximum Gasteiger partial charge on any atom is 0.244 e. The van der Waals surface area contributed by atoms with Gasteiger partial charge in [-0.2, -0.15) is 4.31 Å². The van der Waals surface area contributed by atoms with Crippen LogP contribution in [0.2, 0.25) is 0 Å². The minimum absolute atomic E-state index is 0.274. The Balaban J connectivity index is 1.91. The van der Waals surface area contributed by atoms with Gasteiger partial charge in [0.05, 0.1) is 4.90 Å². The number of sulfonamides is 1. The van der Waals surface area contributed by atoms with Crippen LogP contribution in [0.3, 0.4) is 0 Å². The first-order valence-corrected chi connectivity index (χ1v) is 10.7. The number of rotatable bonds is 4. The third kappa shape index (κ3) is 3.82. The molecule has 28 heavy (non-hydrogen) atoms. The van der Waals surface area contributed by atoms with Gasteiger partial charge in [-0.1, -0.05) is 17.7 Å². The van der Waals surface area contributed by atoms with Gasteiger partial charge < -0.3 is 5.32 Å². The van der Waals surface area contributed by atoms with E-state index in [0.717, 1.165) is 5.56 Å². The molecule has 1 atom stereocenters. The van der Waals surface area contributed by atoms with Crippen molar-refractivity contribution in [2.45, 2.75) is 51.5 Å².